The predicted molar refractivity (Wildman–Crippen MR) is 103 cm³/mol. The minimum absolute atomic E-state index is 0.425. The Kier molecular flexibility index (Phi) is 4.97. The first-order valence-electron chi connectivity index (χ1n) is 8.88. The van der Waals surface area contributed by atoms with Crippen molar-refractivity contribution in [3.8, 4) is 5.88 Å². The molecule has 0 spiro atoms. The molecule has 1 aliphatic heterocycles. The van der Waals surface area contributed by atoms with Crippen LogP contribution in [0.4, 0.5) is 11.5 Å². The third-order valence-electron chi connectivity index (χ3n) is 4.71. The molecule has 8 nitrogen and oxygen atoms in total. The molecule has 1 fully saturated rings. The minimum atomic E-state index is 0.425. The second-order valence-electron chi connectivity index (χ2n) is 6.32. The summed E-state index contributed by atoms with van der Waals surface area (Å²) in [6.07, 6.45) is 3.32. The Morgan fingerprint density at radius 2 is 1.78 bits per heavy atom. The number of hydrogen-bond acceptors (Lipinski definition) is 8. The molecular formula is C19H22N6O2. The molecule has 1 saturated heterocycles. The highest BCUT2D eigenvalue weighted by atomic mass is 16.5. The second kappa shape index (κ2) is 7.71. The van der Waals surface area contributed by atoms with Crippen molar-refractivity contribution in [1.82, 2.24) is 19.9 Å². The number of hydrogen-bond donors (Lipinski definition) is 0. The van der Waals surface area contributed by atoms with E-state index in [0.717, 1.165) is 48.6 Å². The van der Waals surface area contributed by atoms with E-state index in [2.05, 4.69) is 41.9 Å². The highest BCUT2D eigenvalue weighted by molar-refractivity contribution is 5.86. The van der Waals surface area contributed by atoms with E-state index in [1.807, 2.05) is 12.1 Å². The standard InChI is InChI=1S/C19H22N6O2/c1-26-12-17-20-6-5-18(23-17)25-9-7-24(8-10-25)14-3-4-16-15(11-14)19(27-2)22-13-21-16/h3-6,11,13H,7-10,12H2,1-2H3. The number of fused-ring (bicyclic) bond motifs is 1. The molecule has 0 saturated carbocycles. The van der Waals surface area contributed by atoms with E-state index in [1.165, 1.54) is 6.33 Å². The lowest BCUT2D eigenvalue weighted by atomic mass is 10.2. The third-order valence-corrected chi connectivity index (χ3v) is 4.71. The van der Waals surface area contributed by atoms with Gasteiger partial charge in [-0.05, 0) is 24.3 Å². The average Bonchev–Trinajstić information content (AvgIpc) is 2.73. The summed E-state index contributed by atoms with van der Waals surface area (Å²) < 4.78 is 10.5. The van der Waals surface area contributed by atoms with Crippen LogP contribution in [0.5, 0.6) is 5.88 Å². The minimum Gasteiger partial charge on any atom is -0.480 e. The predicted octanol–water partition coefficient (Wildman–Crippen LogP) is 1.90. The van der Waals surface area contributed by atoms with E-state index < -0.39 is 0 Å². The topological polar surface area (TPSA) is 76.5 Å². The van der Waals surface area contributed by atoms with Gasteiger partial charge in [-0.1, -0.05) is 0 Å². The maximum absolute atomic E-state index is 5.37. The van der Waals surface area contributed by atoms with E-state index in [4.69, 9.17) is 9.47 Å². The summed E-state index contributed by atoms with van der Waals surface area (Å²) in [4.78, 5) is 22.0. The zero-order chi connectivity index (χ0) is 18.6. The van der Waals surface area contributed by atoms with Crippen LogP contribution in [-0.4, -0.2) is 60.3 Å². The monoisotopic (exact) mass is 366 g/mol. The molecule has 0 aliphatic carbocycles. The van der Waals surface area contributed by atoms with Crippen LogP contribution in [0.25, 0.3) is 10.9 Å². The molecule has 0 N–H and O–H groups in total. The molecule has 3 aromatic rings. The van der Waals surface area contributed by atoms with Crippen molar-refractivity contribution < 1.29 is 9.47 Å². The van der Waals surface area contributed by atoms with Gasteiger partial charge in [0.05, 0.1) is 18.0 Å². The lowest BCUT2D eigenvalue weighted by Crippen LogP contribution is -2.46. The van der Waals surface area contributed by atoms with Crippen molar-refractivity contribution in [1.29, 1.82) is 0 Å². The van der Waals surface area contributed by atoms with Gasteiger partial charge < -0.3 is 19.3 Å². The molecule has 8 heteroatoms. The third kappa shape index (κ3) is 3.61. The van der Waals surface area contributed by atoms with Gasteiger partial charge in [-0.25, -0.2) is 19.9 Å². The highest BCUT2D eigenvalue weighted by Crippen LogP contribution is 2.27. The van der Waals surface area contributed by atoms with Crippen molar-refractivity contribution in [3.05, 3.63) is 42.6 Å². The zero-order valence-electron chi connectivity index (χ0n) is 15.5. The van der Waals surface area contributed by atoms with Crippen LogP contribution in [0.15, 0.2) is 36.8 Å². The van der Waals surface area contributed by atoms with Gasteiger partial charge >= 0.3 is 0 Å². The first kappa shape index (κ1) is 17.4. The molecule has 2 aromatic heterocycles. The Morgan fingerprint density at radius 3 is 2.56 bits per heavy atom. The molecule has 27 heavy (non-hydrogen) atoms. The first-order valence-corrected chi connectivity index (χ1v) is 8.88. The molecule has 3 heterocycles. The van der Waals surface area contributed by atoms with Crippen LogP contribution in [0.2, 0.25) is 0 Å². The van der Waals surface area contributed by atoms with E-state index in [1.54, 1.807) is 20.4 Å². The number of nitrogens with zero attached hydrogens (tertiary/aromatic N) is 6. The summed E-state index contributed by atoms with van der Waals surface area (Å²) in [7, 11) is 3.28. The number of ether oxygens (including phenoxy) is 2. The summed E-state index contributed by atoms with van der Waals surface area (Å²) in [5, 5.41) is 0.930. The summed E-state index contributed by atoms with van der Waals surface area (Å²) in [5.74, 6) is 2.26. The van der Waals surface area contributed by atoms with E-state index in [0.29, 0.717) is 18.3 Å². The fourth-order valence-corrected chi connectivity index (χ4v) is 3.34. The Bertz CT molecular complexity index is 927. The summed E-state index contributed by atoms with van der Waals surface area (Å²) in [6, 6.07) is 8.17. The van der Waals surface area contributed by atoms with Crippen molar-refractivity contribution in [2.45, 2.75) is 6.61 Å². The first-order chi connectivity index (χ1) is 13.3. The summed E-state index contributed by atoms with van der Waals surface area (Å²) in [6.45, 7) is 4.03. The fourth-order valence-electron chi connectivity index (χ4n) is 3.34. The van der Waals surface area contributed by atoms with Gasteiger partial charge in [0.25, 0.3) is 0 Å². The molecule has 0 amide bonds. The molecule has 0 unspecified atom stereocenters. The van der Waals surface area contributed by atoms with Crippen LogP contribution in [0, 0.1) is 0 Å². The number of methoxy groups -OCH3 is 2. The highest BCUT2D eigenvalue weighted by Gasteiger charge is 2.19. The number of aromatic nitrogens is 4. The van der Waals surface area contributed by atoms with E-state index in [-0.39, 0.29) is 0 Å². The van der Waals surface area contributed by atoms with Gasteiger partial charge in [0.2, 0.25) is 5.88 Å². The maximum Gasteiger partial charge on any atom is 0.224 e. The van der Waals surface area contributed by atoms with Gasteiger partial charge in [-0.15, -0.1) is 0 Å². The molecule has 0 bridgehead atoms. The van der Waals surface area contributed by atoms with Gasteiger partial charge in [-0.2, -0.15) is 0 Å². The quantitative estimate of drug-likeness (QED) is 0.678. The Balaban J connectivity index is 1.49. The molecule has 1 aromatic carbocycles. The smallest absolute Gasteiger partial charge is 0.224 e. The lowest BCUT2D eigenvalue weighted by molar-refractivity contribution is 0.178. The normalized spacial score (nSPS) is 14.6. The van der Waals surface area contributed by atoms with E-state index >= 15 is 0 Å². The van der Waals surface area contributed by atoms with Gasteiger partial charge in [0.15, 0.2) is 5.82 Å². The van der Waals surface area contributed by atoms with Crippen molar-refractivity contribution in [3.63, 3.8) is 0 Å². The largest absolute Gasteiger partial charge is 0.480 e. The average molecular weight is 366 g/mol. The number of anilines is 2. The Hall–Kier alpha value is -3.00. The summed E-state index contributed by atoms with van der Waals surface area (Å²) >= 11 is 0. The molecule has 1 aliphatic rings. The SMILES string of the molecule is COCc1nccc(N2CCN(c3ccc4ncnc(OC)c4c3)CC2)n1. The van der Waals surface area contributed by atoms with E-state index in [9.17, 15) is 0 Å². The molecule has 4 rings (SSSR count). The molecule has 0 atom stereocenters. The Labute approximate surface area is 157 Å². The number of piperazine rings is 1. The van der Waals surface area contributed by atoms with Crippen molar-refractivity contribution in [2.24, 2.45) is 0 Å². The molecular weight excluding hydrogens is 344 g/mol. The Morgan fingerprint density at radius 1 is 0.963 bits per heavy atom. The van der Waals surface area contributed by atoms with Gasteiger partial charge in [-0.3, -0.25) is 0 Å². The van der Waals surface area contributed by atoms with Gasteiger partial charge in [0.1, 0.15) is 18.8 Å². The summed E-state index contributed by atoms with van der Waals surface area (Å²) in [5.41, 5.74) is 2.04. The second-order valence-corrected chi connectivity index (χ2v) is 6.32. The number of rotatable bonds is 5. The zero-order valence-corrected chi connectivity index (χ0v) is 15.5. The molecule has 0 radical (unpaired) electrons. The number of benzene rings is 1. The van der Waals surface area contributed by atoms with Crippen molar-refractivity contribution >= 4 is 22.4 Å². The lowest BCUT2D eigenvalue weighted by Gasteiger charge is -2.36. The van der Waals surface area contributed by atoms with Crippen LogP contribution in [-0.2, 0) is 11.3 Å². The van der Waals surface area contributed by atoms with Crippen LogP contribution >= 0.6 is 0 Å². The van der Waals surface area contributed by atoms with Crippen molar-refractivity contribution in [2.75, 3.05) is 50.2 Å². The molecule has 140 valence electrons. The maximum atomic E-state index is 5.37. The van der Waals surface area contributed by atoms with Crippen LogP contribution in [0.3, 0.4) is 0 Å². The fraction of sp³-hybridized carbons (Fsp3) is 0.368. The van der Waals surface area contributed by atoms with Gasteiger partial charge in [0, 0.05) is 45.2 Å². The van der Waals surface area contributed by atoms with Crippen LogP contribution < -0.4 is 14.5 Å². The van der Waals surface area contributed by atoms with Crippen LogP contribution in [0.1, 0.15) is 5.82 Å².